The molecule has 1 aliphatic rings. The Labute approximate surface area is 220 Å². The molecule has 1 saturated carbocycles. The van der Waals surface area contributed by atoms with Crippen molar-refractivity contribution >= 4 is 9.84 Å². The summed E-state index contributed by atoms with van der Waals surface area (Å²) in [5.41, 5.74) is 1.16. The number of nitrogens with zero attached hydrogens (tertiary/aromatic N) is 3. The monoisotopic (exact) mass is 533 g/mol. The number of benzene rings is 2. The minimum absolute atomic E-state index is 0.0354. The van der Waals surface area contributed by atoms with Gasteiger partial charge in [-0.05, 0) is 54.7 Å². The highest BCUT2D eigenvalue weighted by Crippen LogP contribution is 2.39. The third-order valence-corrected chi connectivity index (χ3v) is 8.97. The second-order valence-electron chi connectivity index (χ2n) is 9.51. The third-order valence-electron chi connectivity index (χ3n) is 7.19. The standard InChI is InChI=1S/C29H28FN3O4S/c1-2-24(20-8-4-3-5-9-20)33-27(21-10-6-7-11-21)32-28(34)26(29(33)35)38(36,37)23-15-12-19(13-16-23)22-14-17-25(30)31-18-22/h3-5,8-9,12-18,21,24,35H,2,6-7,10-11H2,1H3. The number of aromatic hydroxyl groups is 1. The molecule has 1 atom stereocenters. The molecule has 2 aromatic heterocycles. The summed E-state index contributed by atoms with van der Waals surface area (Å²) in [5, 5.41) is 11.5. The first kappa shape index (κ1) is 25.8. The van der Waals surface area contributed by atoms with Crippen LogP contribution in [0.5, 0.6) is 5.88 Å². The lowest BCUT2D eigenvalue weighted by Gasteiger charge is -2.27. The average molecular weight is 534 g/mol. The summed E-state index contributed by atoms with van der Waals surface area (Å²) in [6.07, 6.45) is 5.52. The molecular formula is C29H28FN3O4S. The molecule has 5 rings (SSSR count). The van der Waals surface area contributed by atoms with Crippen molar-refractivity contribution in [3.05, 3.63) is 101 Å². The number of hydrogen-bond donors (Lipinski definition) is 1. The lowest BCUT2D eigenvalue weighted by molar-refractivity contribution is 0.352. The average Bonchev–Trinajstić information content (AvgIpc) is 3.46. The summed E-state index contributed by atoms with van der Waals surface area (Å²) in [7, 11) is -4.41. The van der Waals surface area contributed by atoms with Gasteiger partial charge in [-0.3, -0.25) is 9.36 Å². The van der Waals surface area contributed by atoms with E-state index in [0.29, 0.717) is 23.4 Å². The van der Waals surface area contributed by atoms with E-state index in [1.165, 1.54) is 30.5 Å². The summed E-state index contributed by atoms with van der Waals surface area (Å²) in [6.45, 7) is 1.95. The van der Waals surface area contributed by atoms with Gasteiger partial charge in [-0.2, -0.15) is 9.37 Å². The first-order valence-corrected chi connectivity index (χ1v) is 14.2. The number of rotatable bonds is 7. The van der Waals surface area contributed by atoms with Crippen LogP contribution in [0.15, 0.2) is 87.5 Å². The lowest BCUT2D eigenvalue weighted by atomic mass is 10.0. The van der Waals surface area contributed by atoms with E-state index in [-0.39, 0.29) is 10.8 Å². The molecule has 196 valence electrons. The van der Waals surface area contributed by atoms with Gasteiger partial charge in [0.1, 0.15) is 5.82 Å². The molecule has 4 aromatic rings. The quantitative estimate of drug-likeness (QED) is 0.309. The summed E-state index contributed by atoms with van der Waals surface area (Å²) in [4.78, 5) is 20.3. The normalized spacial score (nSPS) is 15.0. The molecule has 9 heteroatoms. The molecule has 1 N–H and O–H groups in total. The van der Waals surface area contributed by atoms with Crippen LogP contribution >= 0.6 is 0 Å². The van der Waals surface area contributed by atoms with E-state index in [1.54, 1.807) is 16.7 Å². The topological polar surface area (TPSA) is 102 Å². The molecule has 0 bridgehead atoms. The summed E-state index contributed by atoms with van der Waals surface area (Å²) in [6, 6.07) is 17.7. The molecule has 38 heavy (non-hydrogen) atoms. The maximum atomic E-state index is 13.7. The minimum Gasteiger partial charge on any atom is -0.493 e. The predicted molar refractivity (Wildman–Crippen MR) is 141 cm³/mol. The number of aromatic nitrogens is 3. The van der Waals surface area contributed by atoms with Crippen LogP contribution in [0.4, 0.5) is 4.39 Å². The molecular weight excluding hydrogens is 505 g/mol. The Morgan fingerprint density at radius 1 is 1.00 bits per heavy atom. The molecule has 0 radical (unpaired) electrons. The fraction of sp³-hybridized carbons (Fsp3) is 0.276. The van der Waals surface area contributed by atoms with Crippen LogP contribution < -0.4 is 5.56 Å². The van der Waals surface area contributed by atoms with Gasteiger partial charge in [0.2, 0.25) is 21.7 Å². The number of pyridine rings is 1. The highest BCUT2D eigenvalue weighted by Gasteiger charge is 2.34. The molecule has 1 unspecified atom stereocenters. The summed E-state index contributed by atoms with van der Waals surface area (Å²) in [5.74, 6) is -0.811. The molecule has 0 saturated heterocycles. The smallest absolute Gasteiger partial charge is 0.296 e. The van der Waals surface area contributed by atoms with E-state index in [1.807, 2.05) is 37.3 Å². The molecule has 2 heterocycles. The second-order valence-corrected chi connectivity index (χ2v) is 11.4. The minimum atomic E-state index is -4.41. The molecule has 0 amide bonds. The van der Waals surface area contributed by atoms with Crippen molar-refractivity contribution in [2.45, 2.75) is 60.8 Å². The Morgan fingerprint density at radius 3 is 2.26 bits per heavy atom. The van der Waals surface area contributed by atoms with Gasteiger partial charge in [-0.25, -0.2) is 13.4 Å². The molecule has 2 aromatic carbocycles. The highest BCUT2D eigenvalue weighted by molar-refractivity contribution is 7.91. The van der Waals surface area contributed by atoms with Crippen molar-refractivity contribution in [1.29, 1.82) is 0 Å². The van der Waals surface area contributed by atoms with Crippen LogP contribution in [0, 0.1) is 5.95 Å². The Morgan fingerprint density at radius 2 is 1.66 bits per heavy atom. The zero-order valence-electron chi connectivity index (χ0n) is 20.9. The van der Waals surface area contributed by atoms with Crippen molar-refractivity contribution in [2.75, 3.05) is 0 Å². The Kier molecular flexibility index (Phi) is 7.12. The Hall–Kier alpha value is -3.85. The van der Waals surface area contributed by atoms with E-state index < -0.39 is 38.2 Å². The third kappa shape index (κ3) is 4.74. The van der Waals surface area contributed by atoms with Crippen molar-refractivity contribution in [1.82, 2.24) is 14.5 Å². The number of sulfone groups is 1. The van der Waals surface area contributed by atoms with Crippen molar-refractivity contribution in [3.63, 3.8) is 0 Å². The van der Waals surface area contributed by atoms with E-state index in [9.17, 15) is 22.7 Å². The predicted octanol–water partition coefficient (Wildman–Crippen LogP) is 5.64. The zero-order chi connectivity index (χ0) is 26.9. The number of halogens is 1. The van der Waals surface area contributed by atoms with Crippen LogP contribution in [0.25, 0.3) is 11.1 Å². The van der Waals surface area contributed by atoms with Gasteiger partial charge in [0.05, 0.1) is 10.9 Å². The van der Waals surface area contributed by atoms with Crippen LogP contribution in [-0.4, -0.2) is 28.1 Å². The van der Waals surface area contributed by atoms with E-state index in [0.717, 1.165) is 31.2 Å². The van der Waals surface area contributed by atoms with Gasteiger partial charge in [0.25, 0.3) is 5.56 Å². The Balaban J connectivity index is 1.64. The maximum absolute atomic E-state index is 13.7. The van der Waals surface area contributed by atoms with Gasteiger partial charge < -0.3 is 5.11 Å². The fourth-order valence-corrected chi connectivity index (χ4v) is 6.61. The van der Waals surface area contributed by atoms with E-state index in [4.69, 9.17) is 0 Å². The molecule has 1 fully saturated rings. The van der Waals surface area contributed by atoms with Gasteiger partial charge in [-0.15, -0.1) is 0 Å². The Bertz CT molecular complexity index is 1600. The fourth-order valence-electron chi connectivity index (χ4n) is 5.27. The zero-order valence-corrected chi connectivity index (χ0v) is 21.7. The second kappa shape index (κ2) is 10.5. The van der Waals surface area contributed by atoms with Crippen molar-refractivity contribution in [2.24, 2.45) is 0 Å². The molecule has 7 nitrogen and oxygen atoms in total. The largest absolute Gasteiger partial charge is 0.493 e. The van der Waals surface area contributed by atoms with Crippen LogP contribution in [-0.2, 0) is 9.84 Å². The van der Waals surface area contributed by atoms with Crippen LogP contribution in [0.2, 0.25) is 0 Å². The van der Waals surface area contributed by atoms with E-state index in [2.05, 4.69) is 9.97 Å². The molecule has 0 aliphatic heterocycles. The summed E-state index contributed by atoms with van der Waals surface area (Å²) >= 11 is 0. The molecule has 0 spiro atoms. The van der Waals surface area contributed by atoms with Gasteiger partial charge >= 0.3 is 0 Å². The van der Waals surface area contributed by atoms with Crippen molar-refractivity contribution in [3.8, 4) is 17.0 Å². The maximum Gasteiger partial charge on any atom is 0.296 e. The SMILES string of the molecule is CCC(c1ccccc1)n1c(C2CCCC2)nc(=O)c(S(=O)(=O)c2ccc(-c3ccc(F)nc3)cc2)c1O. The van der Waals surface area contributed by atoms with Crippen LogP contribution in [0.3, 0.4) is 0 Å². The summed E-state index contributed by atoms with van der Waals surface area (Å²) < 4.78 is 42.2. The van der Waals surface area contributed by atoms with Gasteiger partial charge in [0, 0.05) is 17.7 Å². The lowest BCUT2D eigenvalue weighted by Crippen LogP contribution is -2.28. The van der Waals surface area contributed by atoms with Gasteiger partial charge in [-0.1, -0.05) is 62.2 Å². The van der Waals surface area contributed by atoms with Crippen LogP contribution in [0.1, 0.15) is 62.4 Å². The van der Waals surface area contributed by atoms with Gasteiger partial charge in [0.15, 0.2) is 4.90 Å². The number of hydrogen-bond acceptors (Lipinski definition) is 6. The van der Waals surface area contributed by atoms with Crippen molar-refractivity contribution < 1.29 is 17.9 Å². The first-order valence-electron chi connectivity index (χ1n) is 12.7. The highest BCUT2D eigenvalue weighted by atomic mass is 32.2. The molecule has 1 aliphatic carbocycles. The first-order chi connectivity index (χ1) is 18.3. The van der Waals surface area contributed by atoms with E-state index >= 15 is 0 Å².